The molecule has 0 aliphatic rings. The predicted octanol–water partition coefficient (Wildman–Crippen LogP) is 1.56. The second-order valence-corrected chi connectivity index (χ2v) is 1.85. The SMILES string of the molecule is COC(C)(OC)C(F)(F)F. The summed E-state index contributed by atoms with van der Waals surface area (Å²) in [5, 5.41) is 0. The van der Waals surface area contributed by atoms with Crippen LogP contribution in [0.1, 0.15) is 6.92 Å². The van der Waals surface area contributed by atoms with Crippen molar-refractivity contribution >= 4 is 0 Å². The van der Waals surface area contributed by atoms with Crippen molar-refractivity contribution < 1.29 is 22.6 Å². The van der Waals surface area contributed by atoms with E-state index in [-0.39, 0.29) is 0 Å². The predicted molar refractivity (Wildman–Crippen MR) is 28.5 cm³/mol. The normalized spacial score (nSPS) is 13.8. The molecule has 0 fully saturated rings. The summed E-state index contributed by atoms with van der Waals surface area (Å²) in [6.45, 7) is 0.812. The zero-order chi connectivity index (χ0) is 8.41. The maximum absolute atomic E-state index is 11.9. The van der Waals surface area contributed by atoms with E-state index in [1.54, 1.807) is 0 Å². The minimum absolute atomic E-state index is 0.812. The van der Waals surface area contributed by atoms with E-state index >= 15 is 0 Å². The topological polar surface area (TPSA) is 18.5 Å². The molecule has 0 rings (SSSR count). The van der Waals surface area contributed by atoms with E-state index in [1.807, 2.05) is 0 Å². The molecule has 0 aromatic heterocycles. The van der Waals surface area contributed by atoms with Gasteiger partial charge in [-0.15, -0.1) is 0 Å². The Hall–Kier alpha value is -0.290. The molecule has 0 heterocycles. The highest BCUT2D eigenvalue weighted by Crippen LogP contribution is 2.32. The molecule has 0 aromatic carbocycles. The molecular formula is C5H9F3O2. The molecule has 0 saturated heterocycles. The van der Waals surface area contributed by atoms with E-state index in [9.17, 15) is 13.2 Å². The number of ether oxygens (including phenoxy) is 2. The maximum Gasteiger partial charge on any atom is 0.442 e. The number of hydrogen-bond acceptors (Lipinski definition) is 2. The fourth-order valence-electron chi connectivity index (χ4n) is 0.315. The van der Waals surface area contributed by atoms with Crippen LogP contribution < -0.4 is 0 Å². The average molecular weight is 158 g/mol. The van der Waals surface area contributed by atoms with E-state index in [1.165, 1.54) is 0 Å². The third-order valence-corrected chi connectivity index (χ3v) is 1.29. The van der Waals surface area contributed by atoms with Crippen LogP contribution in [0.3, 0.4) is 0 Å². The van der Waals surface area contributed by atoms with Crippen molar-refractivity contribution in [3.05, 3.63) is 0 Å². The fraction of sp³-hybridized carbons (Fsp3) is 1.00. The number of rotatable bonds is 2. The number of halogens is 3. The van der Waals surface area contributed by atoms with Crippen LogP contribution in [-0.4, -0.2) is 26.2 Å². The van der Waals surface area contributed by atoms with Gasteiger partial charge in [0, 0.05) is 14.2 Å². The summed E-state index contributed by atoms with van der Waals surface area (Å²) < 4.78 is 43.8. The monoisotopic (exact) mass is 158 g/mol. The van der Waals surface area contributed by atoms with Gasteiger partial charge in [-0.25, -0.2) is 0 Å². The highest BCUT2D eigenvalue weighted by Gasteiger charge is 2.52. The van der Waals surface area contributed by atoms with Gasteiger partial charge in [0.1, 0.15) is 0 Å². The van der Waals surface area contributed by atoms with Crippen molar-refractivity contribution in [1.29, 1.82) is 0 Å². The smallest absolute Gasteiger partial charge is 0.346 e. The van der Waals surface area contributed by atoms with Crippen LogP contribution >= 0.6 is 0 Å². The zero-order valence-electron chi connectivity index (χ0n) is 5.95. The first kappa shape index (κ1) is 9.71. The zero-order valence-corrected chi connectivity index (χ0v) is 5.95. The van der Waals surface area contributed by atoms with Gasteiger partial charge in [0.25, 0.3) is 5.79 Å². The Morgan fingerprint density at radius 1 is 1.00 bits per heavy atom. The van der Waals surface area contributed by atoms with Crippen LogP contribution in [-0.2, 0) is 9.47 Å². The van der Waals surface area contributed by atoms with Crippen molar-refractivity contribution in [2.45, 2.75) is 18.9 Å². The molecule has 0 unspecified atom stereocenters. The van der Waals surface area contributed by atoms with Crippen LogP contribution in [0.2, 0.25) is 0 Å². The Morgan fingerprint density at radius 2 is 1.30 bits per heavy atom. The first-order valence-electron chi connectivity index (χ1n) is 2.54. The molecule has 0 amide bonds. The minimum atomic E-state index is -4.49. The molecule has 5 heteroatoms. The molecule has 0 saturated carbocycles. The molecular weight excluding hydrogens is 149 g/mol. The van der Waals surface area contributed by atoms with E-state index in [0.29, 0.717) is 0 Å². The summed E-state index contributed by atoms with van der Waals surface area (Å²) in [6.07, 6.45) is -4.49. The van der Waals surface area contributed by atoms with Crippen LogP contribution in [0.5, 0.6) is 0 Å². The molecule has 0 aromatic rings. The minimum Gasteiger partial charge on any atom is -0.346 e. The van der Waals surface area contributed by atoms with Crippen LogP contribution in [0.25, 0.3) is 0 Å². The first-order valence-corrected chi connectivity index (χ1v) is 2.54. The summed E-state index contributed by atoms with van der Waals surface area (Å²) >= 11 is 0. The molecule has 0 spiro atoms. The average Bonchev–Trinajstić information content (AvgIpc) is 1.84. The van der Waals surface area contributed by atoms with Crippen molar-refractivity contribution in [3.63, 3.8) is 0 Å². The summed E-state index contributed by atoms with van der Waals surface area (Å²) in [7, 11) is 1.88. The van der Waals surface area contributed by atoms with Gasteiger partial charge in [0.05, 0.1) is 0 Å². The number of alkyl halides is 3. The van der Waals surface area contributed by atoms with Gasteiger partial charge in [0.15, 0.2) is 0 Å². The second-order valence-electron chi connectivity index (χ2n) is 1.85. The highest BCUT2D eigenvalue weighted by molar-refractivity contribution is 4.71. The molecule has 0 aliphatic heterocycles. The van der Waals surface area contributed by atoms with Crippen LogP contribution in [0.4, 0.5) is 13.2 Å². The quantitative estimate of drug-likeness (QED) is 0.568. The van der Waals surface area contributed by atoms with Gasteiger partial charge >= 0.3 is 6.18 Å². The van der Waals surface area contributed by atoms with E-state index in [0.717, 1.165) is 21.1 Å². The molecule has 10 heavy (non-hydrogen) atoms. The molecule has 62 valence electrons. The van der Waals surface area contributed by atoms with Crippen molar-refractivity contribution in [1.82, 2.24) is 0 Å². The Bertz CT molecular complexity index is 106. The van der Waals surface area contributed by atoms with Gasteiger partial charge in [-0.3, -0.25) is 0 Å². The van der Waals surface area contributed by atoms with Crippen molar-refractivity contribution in [2.75, 3.05) is 14.2 Å². The molecule has 0 N–H and O–H groups in total. The molecule has 0 bridgehead atoms. The highest BCUT2D eigenvalue weighted by atomic mass is 19.4. The lowest BCUT2D eigenvalue weighted by Gasteiger charge is -2.28. The van der Waals surface area contributed by atoms with Crippen molar-refractivity contribution in [3.8, 4) is 0 Å². The fourth-order valence-corrected chi connectivity index (χ4v) is 0.315. The summed E-state index contributed by atoms with van der Waals surface area (Å²) in [5.41, 5.74) is 0. The Morgan fingerprint density at radius 3 is 1.30 bits per heavy atom. The Labute approximate surface area is 56.9 Å². The first-order chi connectivity index (χ1) is 4.37. The molecule has 0 atom stereocenters. The van der Waals surface area contributed by atoms with Gasteiger partial charge in [-0.1, -0.05) is 0 Å². The molecule has 2 nitrogen and oxygen atoms in total. The van der Waals surface area contributed by atoms with Crippen LogP contribution in [0, 0.1) is 0 Å². The van der Waals surface area contributed by atoms with E-state index in [2.05, 4.69) is 9.47 Å². The lowest BCUT2D eigenvalue weighted by atomic mass is 10.3. The lowest BCUT2D eigenvalue weighted by Crippen LogP contribution is -2.45. The summed E-state index contributed by atoms with van der Waals surface area (Å²) in [6, 6.07) is 0. The standard InChI is InChI=1S/C5H9F3O2/c1-4(9-2,10-3)5(6,7)8/h1-3H3. The molecule has 0 aliphatic carbocycles. The van der Waals surface area contributed by atoms with E-state index in [4.69, 9.17) is 0 Å². The maximum atomic E-state index is 11.9. The Balaban J connectivity index is 4.33. The Kier molecular flexibility index (Phi) is 2.67. The largest absolute Gasteiger partial charge is 0.442 e. The third kappa shape index (κ3) is 1.60. The van der Waals surface area contributed by atoms with Crippen molar-refractivity contribution in [2.24, 2.45) is 0 Å². The summed E-state index contributed by atoms with van der Waals surface area (Å²) in [4.78, 5) is 0. The van der Waals surface area contributed by atoms with Gasteiger partial charge in [0.2, 0.25) is 0 Å². The third-order valence-electron chi connectivity index (χ3n) is 1.29. The van der Waals surface area contributed by atoms with Crippen LogP contribution in [0.15, 0.2) is 0 Å². The van der Waals surface area contributed by atoms with Gasteiger partial charge < -0.3 is 9.47 Å². The summed E-state index contributed by atoms with van der Waals surface area (Å²) in [5.74, 6) is -2.48. The van der Waals surface area contributed by atoms with Gasteiger partial charge in [-0.05, 0) is 6.92 Å². The number of hydrogen-bond donors (Lipinski definition) is 0. The second kappa shape index (κ2) is 2.75. The van der Waals surface area contributed by atoms with Gasteiger partial charge in [-0.2, -0.15) is 13.2 Å². The lowest BCUT2D eigenvalue weighted by molar-refractivity contribution is -0.357. The van der Waals surface area contributed by atoms with E-state index < -0.39 is 12.0 Å². The number of methoxy groups -OCH3 is 2. The molecule has 0 radical (unpaired) electrons.